The molecule has 1 aliphatic rings. The molecule has 9 rings (SSSR count). The number of thiophene rings is 1. The summed E-state index contributed by atoms with van der Waals surface area (Å²) in [4.78, 5) is 25.4. The molecule has 5 nitrogen and oxygen atoms in total. The van der Waals surface area contributed by atoms with Gasteiger partial charge >= 0.3 is 0 Å². The maximum atomic E-state index is 5.24. The van der Waals surface area contributed by atoms with Gasteiger partial charge in [-0.3, -0.25) is 0 Å². The van der Waals surface area contributed by atoms with Gasteiger partial charge in [0.05, 0.1) is 11.4 Å². The highest BCUT2D eigenvalue weighted by molar-refractivity contribution is 7.26. The maximum Gasteiger partial charge on any atom is 0.165 e. The standard InChI is InChI=1S/C43H29N5S/c1-5-15-28(16-6-1)35-27-36(45-40(44-35)29-17-7-2-8-18-29)32-23-14-26-37-38(32)33-24-13-25-34(39(33)49-37)43-47-41(30-19-9-3-10-20-30)46-42(48-43)31-21-11-4-12-22-31/h1-17,19-27,29H,18H2. The Labute approximate surface area is 288 Å². The number of rotatable bonds is 6. The average molecular weight is 648 g/mol. The molecule has 0 amide bonds. The van der Waals surface area contributed by atoms with E-state index >= 15 is 0 Å². The normalized spacial score (nSPS) is 14.1. The number of nitrogens with zero attached hydrogens (tertiary/aromatic N) is 5. The lowest BCUT2D eigenvalue weighted by Crippen LogP contribution is -2.05. The van der Waals surface area contributed by atoms with Gasteiger partial charge in [-0.15, -0.1) is 11.3 Å². The van der Waals surface area contributed by atoms with Crippen LogP contribution in [0.1, 0.15) is 18.2 Å². The molecule has 0 spiro atoms. The Morgan fingerprint density at radius 1 is 0.510 bits per heavy atom. The molecule has 232 valence electrons. The van der Waals surface area contributed by atoms with Crippen molar-refractivity contribution in [3.63, 3.8) is 0 Å². The van der Waals surface area contributed by atoms with Crippen LogP contribution in [0.5, 0.6) is 0 Å². The van der Waals surface area contributed by atoms with Crippen LogP contribution in [0.25, 0.3) is 76.9 Å². The highest BCUT2D eigenvalue weighted by Gasteiger charge is 2.21. The topological polar surface area (TPSA) is 64.5 Å². The molecular weight excluding hydrogens is 619 g/mol. The number of aromatic nitrogens is 5. The summed E-state index contributed by atoms with van der Waals surface area (Å²) in [6.07, 6.45) is 9.44. The second kappa shape index (κ2) is 12.5. The van der Waals surface area contributed by atoms with Crippen molar-refractivity contribution in [1.82, 2.24) is 24.9 Å². The molecule has 0 saturated carbocycles. The highest BCUT2D eigenvalue weighted by Crippen LogP contribution is 2.44. The third-order valence-electron chi connectivity index (χ3n) is 8.86. The van der Waals surface area contributed by atoms with E-state index in [1.807, 2.05) is 66.7 Å². The van der Waals surface area contributed by atoms with E-state index in [9.17, 15) is 0 Å². The fourth-order valence-electron chi connectivity index (χ4n) is 6.46. The molecule has 8 aromatic rings. The lowest BCUT2D eigenvalue weighted by atomic mass is 9.97. The second-order valence-corrected chi connectivity index (χ2v) is 13.1. The summed E-state index contributed by atoms with van der Waals surface area (Å²) in [7, 11) is 0. The van der Waals surface area contributed by atoms with Gasteiger partial charge in [0.15, 0.2) is 17.5 Å². The highest BCUT2D eigenvalue weighted by atomic mass is 32.1. The number of hydrogen-bond acceptors (Lipinski definition) is 6. The fraction of sp³-hybridized carbons (Fsp3) is 0.0465. The first kappa shape index (κ1) is 29.1. The molecule has 49 heavy (non-hydrogen) atoms. The average Bonchev–Trinajstić information content (AvgIpc) is 3.58. The van der Waals surface area contributed by atoms with Gasteiger partial charge < -0.3 is 0 Å². The van der Waals surface area contributed by atoms with Gasteiger partial charge in [0.2, 0.25) is 0 Å². The van der Waals surface area contributed by atoms with Crippen LogP contribution in [-0.2, 0) is 0 Å². The summed E-state index contributed by atoms with van der Waals surface area (Å²) in [6.45, 7) is 0. The van der Waals surface area contributed by atoms with Crippen molar-refractivity contribution in [2.45, 2.75) is 12.3 Å². The molecule has 1 atom stereocenters. The number of fused-ring (bicyclic) bond motifs is 3. The van der Waals surface area contributed by atoms with Gasteiger partial charge in [0.25, 0.3) is 0 Å². The van der Waals surface area contributed by atoms with E-state index in [0.29, 0.717) is 17.5 Å². The molecule has 0 saturated heterocycles. The van der Waals surface area contributed by atoms with Crippen molar-refractivity contribution >= 4 is 31.5 Å². The summed E-state index contributed by atoms with van der Waals surface area (Å²) < 4.78 is 2.31. The van der Waals surface area contributed by atoms with Crippen LogP contribution in [-0.4, -0.2) is 24.9 Å². The van der Waals surface area contributed by atoms with E-state index < -0.39 is 0 Å². The smallest absolute Gasteiger partial charge is 0.165 e. The van der Waals surface area contributed by atoms with Crippen LogP contribution in [0.4, 0.5) is 0 Å². The van der Waals surface area contributed by atoms with Crippen LogP contribution in [0.15, 0.2) is 158 Å². The fourth-order valence-corrected chi connectivity index (χ4v) is 7.70. The van der Waals surface area contributed by atoms with Gasteiger partial charge in [-0.2, -0.15) is 0 Å². The first-order valence-corrected chi connectivity index (χ1v) is 17.2. The van der Waals surface area contributed by atoms with E-state index in [0.717, 1.165) is 61.5 Å². The first-order chi connectivity index (χ1) is 24.3. The summed E-state index contributed by atoms with van der Waals surface area (Å²) in [6, 6.07) is 45.7. The summed E-state index contributed by atoms with van der Waals surface area (Å²) in [5, 5.41) is 2.32. The Hall–Kier alpha value is -6.11. The van der Waals surface area contributed by atoms with E-state index in [4.69, 9.17) is 24.9 Å². The Morgan fingerprint density at radius 2 is 1.12 bits per heavy atom. The van der Waals surface area contributed by atoms with E-state index in [-0.39, 0.29) is 5.92 Å². The Kier molecular flexibility index (Phi) is 7.41. The van der Waals surface area contributed by atoms with Crippen molar-refractivity contribution in [3.05, 3.63) is 164 Å². The Balaban J connectivity index is 1.25. The van der Waals surface area contributed by atoms with Gasteiger partial charge in [0, 0.05) is 53.9 Å². The monoisotopic (exact) mass is 647 g/mol. The van der Waals surface area contributed by atoms with E-state index in [1.54, 1.807) is 11.3 Å². The predicted molar refractivity (Wildman–Crippen MR) is 201 cm³/mol. The zero-order valence-corrected chi connectivity index (χ0v) is 27.3. The van der Waals surface area contributed by atoms with Crippen LogP contribution >= 0.6 is 11.3 Å². The minimum Gasteiger partial charge on any atom is -0.232 e. The molecule has 3 heterocycles. The summed E-state index contributed by atoms with van der Waals surface area (Å²) >= 11 is 1.76. The minimum atomic E-state index is 0.124. The molecule has 1 unspecified atom stereocenters. The number of hydrogen-bond donors (Lipinski definition) is 0. The van der Waals surface area contributed by atoms with Crippen LogP contribution in [0, 0.1) is 0 Å². The SMILES string of the molecule is C1=CCC(c2nc(-c3ccccc3)cc(-c3cccc4sc5c(-c6nc(-c7ccccc7)nc(-c7ccccc7)n6)cccc5c34)n2)C=C1. The predicted octanol–water partition coefficient (Wildman–Crippen LogP) is 11.0. The lowest BCUT2D eigenvalue weighted by Gasteiger charge is -2.15. The summed E-state index contributed by atoms with van der Waals surface area (Å²) in [5.41, 5.74) is 6.88. The zero-order valence-electron chi connectivity index (χ0n) is 26.4. The summed E-state index contributed by atoms with van der Waals surface area (Å²) in [5.74, 6) is 2.91. The molecule has 0 aliphatic heterocycles. The van der Waals surface area contributed by atoms with Crippen LogP contribution < -0.4 is 0 Å². The van der Waals surface area contributed by atoms with Crippen molar-refractivity contribution < 1.29 is 0 Å². The lowest BCUT2D eigenvalue weighted by molar-refractivity contribution is 0.775. The van der Waals surface area contributed by atoms with Gasteiger partial charge in [-0.1, -0.05) is 140 Å². The molecule has 0 fully saturated rings. The van der Waals surface area contributed by atoms with Crippen molar-refractivity contribution in [1.29, 1.82) is 0 Å². The third kappa shape index (κ3) is 5.52. The molecule has 0 N–H and O–H groups in total. The zero-order chi connectivity index (χ0) is 32.6. The minimum absolute atomic E-state index is 0.124. The number of allylic oxidation sites excluding steroid dienone is 4. The molecule has 6 heteroatoms. The van der Waals surface area contributed by atoms with E-state index in [2.05, 4.69) is 91.0 Å². The Morgan fingerprint density at radius 3 is 1.80 bits per heavy atom. The maximum absolute atomic E-state index is 5.24. The van der Waals surface area contributed by atoms with Crippen molar-refractivity contribution in [3.8, 4) is 56.7 Å². The molecule has 0 radical (unpaired) electrons. The molecule has 1 aliphatic carbocycles. The van der Waals surface area contributed by atoms with Crippen molar-refractivity contribution in [2.75, 3.05) is 0 Å². The molecule has 5 aromatic carbocycles. The van der Waals surface area contributed by atoms with Crippen LogP contribution in [0.2, 0.25) is 0 Å². The second-order valence-electron chi connectivity index (χ2n) is 12.0. The quantitative estimate of drug-likeness (QED) is 0.180. The first-order valence-electron chi connectivity index (χ1n) is 16.4. The van der Waals surface area contributed by atoms with Crippen molar-refractivity contribution in [2.24, 2.45) is 0 Å². The molecular formula is C43H29N5S. The van der Waals surface area contributed by atoms with Gasteiger partial charge in [0.1, 0.15) is 5.82 Å². The number of benzene rings is 5. The van der Waals surface area contributed by atoms with E-state index in [1.165, 1.54) is 10.1 Å². The van der Waals surface area contributed by atoms with Gasteiger partial charge in [-0.25, -0.2) is 24.9 Å². The third-order valence-corrected chi connectivity index (χ3v) is 10.1. The Bertz CT molecular complexity index is 2460. The largest absolute Gasteiger partial charge is 0.232 e. The van der Waals surface area contributed by atoms with Crippen LogP contribution in [0.3, 0.4) is 0 Å². The molecule has 0 bridgehead atoms. The van der Waals surface area contributed by atoms with Gasteiger partial charge in [-0.05, 0) is 24.6 Å². The molecule has 3 aromatic heterocycles.